The first-order valence-electron chi connectivity index (χ1n) is 19.3. The van der Waals surface area contributed by atoms with Crippen molar-refractivity contribution in [2.24, 2.45) is 0 Å². The molecule has 0 saturated carbocycles. The lowest BCUT2D eigenvalue weighted by Gasteiger charge is -2.12. The number of furan rings is 3. The zero-order valence-corrected chi connectivity index (χ0v) is 30.7. The van der Waals surface area contributed by atoms with Crippen molar-refractivity contribution in [3.8, 4) is 39.9 Å². The van der Waals surface area contributed by atoms with Crippen molar-refractivity contribution >= 4 is 87.6 Å². The second-order valence-electron chi connectivity index (χ2n) is 14.7. The Hall–Kier alpha value is -8.03. The maximum Gasteiger partial charge on any atom is 0.238 e. The average molecular weight is 745 g/mol. The predicted octanol–water partition coefficient (Wildman–Crippen LogP) is 13.7. The van der Waals surface area contributed by atoms with E-state index in [9.17, 15) is 0 Å². The molecule has 0 amide bonds. The first kappa shape index (κ1) is 31.2. The molecule has 13 rings (SSSR count). The van der Waals surface area contributed by atoms with Gasteiger partial charge in [0.2, 0.25) is 5.95 Å². The number of para-hydroxylation sites is 4. The summed E-state index contributed by atoms with van der Waals surface area (Å²) < 4.78 is 21.0. The Labute approximate surface area is 329 Å². The van der Waals surface area contributed by atoms with Crippen LogP contribution in [0.15, 0.2) is 183 Å². The van der Waals surface area contributed by atoms with Crippen LogP contribution in [0, 0.1) is 0 Å². The van der Waals surface area contributed by atoms with Crippen LogP contribution < -0.4 is 0 Å². The van der Waals surface area contributed by atoms with Gasteiger partial charge < -0.3 is 13.3 Å². The molecular weight excluding hydrogens is 717 g/mol. The van der Waals surface area contributed by atoms with E-state index in [-0.39, 0.29) is 0 Å². The molecule has 7 nitrogen and oxygen atoms in total. The van der Waals surface area contributed by atoms with Crippen LogP contribution in [0.2, 0.25) is 0 Å². The molecule has 58 heavy (non-hydrogen) atoms. The van der Waals surface area contributed by atoms with Crippen molar-refractivity contribution in [1.29, 1.82) is 0 Å². The van der Waals surface area contributed by atoms with E-state index in [4.69, 9.17) is 28.2 Å². The molecule has 0 aliphatic rings. The van der Waals surface area contributed by atoms with Gasteiger partial charge in [0.25, 0.3) is 0 Å². The molecule has 5 aromatic heterocycles. The molecule has 0 fully saturated rings. The smallest absolute Gasteiger partial charge is 0.238 e. The van der Waals surface area contributed by atoms with Crippen LogP contribution in [-0.2, 0) is 0 Å². The SMILES string of the molecule is c1ccc2c(c1)oc1ccc(-c3ccc4c(c3)c3ccccc3n4-c3nc(-c4cccc5oc6ccccc6c45)nc(-c4cccc5oc6ccccc6c45)n3)cc12. The topological polar surface area (TPSA) is 83.0 Å². The van der Waals surface area contributed by atoms with Gasteiger partial charge in [0.15, 0.2) is 11.6 Å². The Morgan fingerprint density at radius 1 is 0.328 bits per heavy atom. The molecule has 270 valence electrons. The molecule has 8 aromatic carbocycles. The van der Waals surface area contributed by atoms with Crippen molar-refractivity contribution in [1.82, 2.24) is 19.5 Å². The number of nitrogens with zero attached hydrogens (tertiary/aromatic N) is 4. The van der Waals surface area contributed by atoms with Crippen molar-refractivity contribution < 1.29 is 13.3 Å². The highest BCUT2D eigenvalue weighted by Gasteiger charge is 2.23. The molecule has 7 heteroatoms. The van der Waals surface area contributed by atoms with Crippen molar-refractivity contribution in [3.63, 3.8) is 0 Å². The summed E-state index contributed by atoms with van der Waals surface area (Å²) in [6, 6.07) is 58.1. The highest BCUT2D eigenvalue weighted by atomic mass is 16.3. The molecule has 0 aliphatic heterocycles. The quantitative estimate of drug-likeness (QED) is 0.178. The van der Waals surface area contributed by atoms with Crippen LogP contribution >= 0.6 is 0 Å². The summed E-state index contributed by atoms with van der Waals surface area (Å²) >= 11 is 0. The fraction of sp³-hybridized carbons (Fsp3) is 0. The number of hydrogen-bond donors (Lipinski definition) is 0. The number of fused-ring (bicyclic) bond motifs is 12. The zero-order valence-electron chi connectivity index (χ0n) is 30.7. The van der Waals surface area contributed by atoms with Gasteiger partial charge >= 0.3 is 0 Å². The van der Waals surface area contributed by atoms with Crippen molar-refractivity contribution in [2.45, 2.75) is 0 Å². The molecule has 0 unspecified atom stereocenters. The van der Waals surface area contributed by atoms with Gasteiger partial charge in [-0.2, -0.15) is 9.97 Å². The van der Waals surface area contributed by atoms with Gasteiger partial charge in [0.1, 0.15) is 33.5 Å². The third kappa shape index (κ3) is 4.46. The standard InChI is InChI=1S/C51H28N4O3/c1-5-17-39-31(11-1)37-27-29(30-24-26-44-38(28-30)32-12-2-6-18-41(32)56-44)23-25-40(37)55(39)51-53-49(35-15-9-21-45-47(35)33-13-3-7-19-42(33)57-45)52-50(54-51)36-16-10-22-46-48(36)34-14-4-8-20-43(34)58-46/h1-28H. The summed E-state index contributed by atoms with van der Waals surface area (Å²) in [4.78, 5) is 16.0. The molecule has 0 radical (unpaired) electrons. The number of hydrogen-bond acceptors (Lipinski definition) is 6. The van der Waals surface area contributed by atoms with Crippen LogP contribution in [0.5, 0.6) is 0 Å². The summed E-state index contributed by atoms with van der Waals surface area (Å²) in [7, 11) is 0. The summed E-state index contributed by atoms with van der Waals surface area (Å²) in [6.07, 6.45) is 0. The summed E-state index contributed by atoms with van der Waals surface area (Å²) in [5, 5.41) is 8.34. The normalized spacial score (nSPS) is 12.1. The monoisotopic (exact) mass is 744 g/mol. The maximum absolute atomic E-state index is 6.34. The predicted molar refractivity (Wildman–Crippen MR) is 232 cm³/mol. The van der Waals surface area contributed by atoms with Gasteiger partial charge in [-0.3, -0.25) is 4.57 Å². The minimum Gasteiger partial charge on any atom is -0.456 e. The molecule has 13 aromatic rings. The second-order valence-corrected chi connectivity index (χ2v) is 14.7. The Morgan fingerprint density at radius 3 is 1.45 bits per heavy atom. The molecule has 0 atom stereocenters. The Balaban J connectivity index is 1.08. The lowest BCUT2D eigenvalue weighted by Crippen LogP contribution is -2.06. The van der Waals surface area contributed by atoms with E-state index in [0.29, 0.717) is 17.6 Å². The van der Waals surface area contributed by atoms with Gasteiger partial charge in [-0.05, 0) is 71.8 Å². The average Bonchev–Trinajstić information content (AvgIpc) is 4.04. The van der Waals surface area contributed by atoms with E-state index in [1.807, 2.05) is 72.8 Å². The Kier molecular flexibility index (Phi) is 6.32. The van der Waals surface area contributed by atoms with Gasteiger partial charge in [-0.25, -0.2) is 4.98 Å². The van der Waals surface area contributed by atoms with E-state index in [2.05, 4.69) is 102 Å². The van der Waals surface area contributed by atoms with Gasteiger partial charge in [0.05, 0.1) is 11.0 Å². The Bertz CT molecular complexity index is 3700. The van der Waals surface area contributed by atoms with Crippen LogP contribution in [0.3, 0.4) is 0 Å². The first-order valence-corrected chi connectivity index (χ1v) is 19.3. The molecule has 0 aliphatic carbocycles. The lowest BCUT2D eigenvalue weighted by molar-refractivity contribution is 0.668. The molecular formula is C51H28N4O3. The highest BCUT2D eigenvalue weighted by molar-refractivity contribution is 6.14. The molecule has 0 saturated heterocycles. The third-order valence-electron chi connectivity index (χ3n) is 11.5. The van der Waals surface area contributed by atoms with Crippen molar-refractivity contribution in [3.05, 3.63) is 170 Å². The van der Waals surface area contributed by atoms with E-state index < -0.39 is 0 Å². The molecule has 0 spiro atoms. The van der Waals surface area contributed by atoms with Crippen LogP contribution in [0.25, 0.3) is 127 Å². The first-order chi connectivity index (χ1) is 28.7. The summed E-state index contributed by atoms with van der Waals surface area (Å²) in [6.45, 7) is 0. The van der Waals surface area contributed by atoms with Crippen molar-refractivity contribution in [2.75, 3.05) is 0 Å². The minimum absolute atomic E-state index is 0.514. The highest BCUT2D eigenvalue weighted by Crippen LogP contribution is 2.41. The van der Waals surface area contributed by atoms with E-state index >= 15 is 0 Å². The number of rotatable bonds is 4. The van der Waals surface area contributed by atoms with Crippen LogP contribution in [0.4, 0.5) is 0 Å². The van der Waals surface area contributed by atoms with E-state index in [1.165, 1.54) is 0 Å². The van der Waals surface area contributed by atoms with Crippen LogP contribution in [-0.4, -0.2) is 19.5 Å². The van der Waals surface area contributed by atoms with Gasteiger partial charge in [-0.1, -0.05) is 109 Å². The van der Waals surface area contributed by atoms with Gasteiger partial charge in [-0.15, -0.1) is 0 Å². The maximum atomic E-state index is 6.34. The van der Waals surface area contributed by atoms with E-state index in [1.54, 1.807) is 0 Å². The minimum atomic E-state index is 0.514. The van der Waals surface area contributed by atoms with E-state index in [0.717, 1.165) is 110 Å². The fourth-order valence-corrected chi connectivity index (χ4v) is 8.90. The molecule has 0 bridgehead atoms. The molecule has 5 heterocycles. The second kappa shape index (κ2) is 11.7. The zero-order chi connectivity index (χ0) is 37.9. The van der Waals surface area contributed by atoms with Crippen LogP contribution in [0.1, 0.15) is 0 Å². The third-order valence-corrected chi connectivity index (χ3v) is 11.5. The molecule has 0 N–H and O–H groups in total. The summed E-state index contributed by atoms with van der Waals surface area (Å²) in [5.74, 6) is 1.61. The lowest BCUT2D eigenvalue weighted by atomic mass is 10.0. The number of aromatic nitrogens is 4. The largest absolute Gasteiger partial charge is 0.456 e. The Morgan fingerprint density at radius 2 is 0.793 bits per heavy atom. The van der Waals surface area contributed by atoms with Gasteiger partial charge in [0, 0.05) is 54.2 Å². The number of benzene rings is 8. The fourth-order valence-electron chi connectivity index (χ4n) is 8.90. The summed E-state index contributed by atoms with van der Waals surface area (Å²) in [5.41, 5.74) is 10.9.